The summed E-state index contributed by atoms with van der Waals surface area (Å²) < 4.78 is 0. The Bertz CT molecular complexity index is 835. The minimum atomic E-state index is -0.453. The number of carbonyl (C=O) groups is 2. The normalized spacial score (nSPS) is 10.3. The third-order valence-electron chi connectivity index (χ3n) is 3.91. The van der Waals surface area contributed by atoms with E-state index in [1.165, 1.54) is 12.1 Å². The van der Waals surface area contributed by atoms with E-state index in [2.05, 4.69) is 21.3 Å². The number of non-ortho nitro benzene ring substituents is 1. The highest BCUT2D eigenvalue weighted by molar-refractivity contribution is 5.94. The van der Waals surface area contributed by atoms with Gasteiger partial charge in [-0.2, -0.15) is 0 Å². The number of carbonyl (C=O) groups excluding carboxylic acids is 2. The van der Waals surface area contributed by atoms with Crippen LogP contribution >= 0.6 is 0 Å². The molecule has 9 nitrogen and oxygen atoms in total. The molecule has 0 unspecified atom stereocenters. The van der Waals surface area contributed by atoms with Gasteiger partial charge in [0.05, 0.1) is 4.92 Å². The molecule has 3 amide bonds. The average Bonchev–Trinajstić information content (AvgIpc) is 2.69. The second kappa shape index (κ2) is 10.6. The highest BCUT2D eigenvalue weighted by atomic mass is 16.6. The van der Waals surface area contributed by atoms with Crippen molar-refractivity contribution in [2.24, 2.45) is 0 Å². The molecule has 0 saturated carbocycles. The topological polar surface area (TPSA) is 125 Å². The number of nitro benzene ring substituents is 1. The van der Waals surface area contributed by atoms with Gasteiger partial charge in [0.2, 0.25) is 0 Å². The van der Waals surface area contributed by atoms with Crippen LogP contribution in [0.3, 0.4) is 0 Å². The van der Waals surface area contributed by atoms with Gasteiger partial charge < -0.3 is 21.3 Å². The van der Waals surface area contributed by atoms with Crippen LogP contribution in [0.15, 0.2) is 48.5 Å². The number of nitrogens with zero attached hydrogens (tertiary/aromatic N) is 1. The van der Waals surface area contributed by atoms with Crippen molar-refractivity contribution in [1.29, 1.82) is 0 Å². The molecule has 0 aliphatic heterocycles. The molecule has 154 valence electrons. The number of amides is 3. The first kappa shape index (κ1) is 21.7. The van der Waals surface area contributed by atoms with E-state index in [9.17, 15) is 19.7 Å². The maximum absolute atomic E-state index is 12.2. The largest absolute Gasteiger partial charge is 0.383 e. The quantitative estimate of drug-likeness (QED) is 0.293. The molecule has 0 heterocycles. The van der Waals surface area contributed by atoms with Crippen molar-refractivity contribution in [3.05, 3.63) is 69.8 Å². The fourth-order valence-electron chi connectivity index (χ4n) is 2.46. The zero-order chi connectivity index (χ0) is 21.2. The number of nitrogens with one attached hydrogen (secondary N) is 4. The van der Waals surface area contributed by atoms with E-state index in [0.717, 1.165) is 11.3 Å². The molecule has 0 aliphatic carbocycles. The molecule has 0 atom stereocenters. The number of hydrogen-bond donors (Lipinski definition) is 4. The molecule has 0 spiro atoms. The van der Waals surface area contributed by atoms with Gasteiger partial charge in [0, 0.05) is 49.1 Å². The highest BCUT2D eigenvalue weighted by Gasteiger charge is 2.07. The molecule has 0 saturated heterocycles. The summed E-state index contributed by atoms with van der Waals surface area (Å²) in [4.78, 5) is 33.9. The second-order valence-corrected chi connectivity index (χ2v) is 6.67. The van der Waals surface area contributed by atoms with Gasteiger partial charge in [0.1, 0.15) is 0 Å². The molecular formula is C20H25N5O4. The van der Waals surface area contributed by atoms with Crippen molar-refractivity contribution in [2.75, 3.05) is 18.4 Å². The van der Waals surface area contributed by atoms with Crippen molar-refractivity contribution in [2.45, 2.75) is 26.4 Å². The van der Waals surface area contributed by atoms with Gasteiger partial charge in [-0.25, -0.2) is 4.79 Å². The van der Waals surface area contributed by atoms with Crippen molar-refractivity contribution in [3.8, 4) is 0 Å². The summed E-state index contributed by atoms with van der Waals surface area (Å²) in [5.41, 5.74) is 2.18. The van der Waals surface area contributed by atoms with Crippen LogP contribution < -0.4 is 21.3 Å². The third kappa shape index (κ3) is 7.49. The maximum Gasteiger partial charge on any atom is 0.315 e. The molecule has 4 N–H and O–H groups in total. The third-order valence-corrected chi connectivity index (χ3v) is 3.91. The van der Waals surface area contributed by atoms with Crippen LogP contribution in [0.5, 0.6) is 0 Å². The van der Waals surface area contributed by atoms with E-state index in [0.29, 0.717) is 25.2 Å². The molecule has 9 heteroatoms. The SMILES string of the molecule is CC(C)NC(=O)NCc1ccc(C(=O)NCCNc2ccc([N+](=O)[O-])cc2)cc1. The van der Waals surface area contributed by atoms with Gasteiger partial charge in [-0.15, -0.1) is 0 Å². The molecular weight excluding hydrogens is 374 g/mol. The van der Waals surface area contributed by atoms with Gasteiger partial charge in [-0.05, 0) is 43.7 Å². The van der Waals surface area contributed by atoms with Crippen molar-refractivity contribution in [1.82, 2.24) is 16.0 Å². The van der Waals surface area contributed by atoms with E-state index in [1.54, 1.807) is 36.4 Å². The Balaban J connectivity index is 1.72. The van der Waals surface area contributed by atoms with Crippen LogP contribution in [0.2, 0.25) is 0 Å². The second-order valence-electron chi connectivity index (χ2n) is 6.67. The van der Waals surface area contributed by atoms with E-state index in [4.69, 9.17) is 0 Å². The van der Waals surface area contributed by atoms with Crippen LogP contribution in [-0.2, 0) is 6.54 Å². The Morgan fingerprint density at radius 2 is 1.62 bits per heavy atom. The monoisotopic (exact) mass is 399 g/mol. The Kier molecular flexibility index (Phi) is 7.96. The van der Waals surface area contributed by atoms with Crippen LogP contribution in [-0.4, -0.2) is 36.0 Å². The molecule has 0 radical (unpaired) electrons. The number of benzene rings is 2. The molecule has 0 aliphatic rings. The lowest BCUT2D eigenvalue weighted by Crippen LogP contribution is -2.39. The first-order chi connectivity index (χ1) is 13.8. The smallest absolute Gasteiger partial charge is 0.315 e. The number of rotatable bonds is 9. The van der Waals surface area contributed by atoms with Crippen molar-refractivity contribution in [3.63, 3.8) is 0 Å². The van der Waals surface area contributed by atoms with Gasteiger partial charge in [-0.1, -0.05) is 12.1 Å². The lowest BCUT2D eigenvalue weighted by molar-refractivity contribution is -0.384. The molecule has 2 aromatic carbocycles. The van der Waals surface area contributed by atoms with E-state index in [-0.39, 0.29) is 23.7 Å². The van der Waals surface area contributed by atoms with E-state index >= 15 is 0 Å². The fraction of sp³-hybridized carbons (Fsp3) is 0.300. The van der Waals surface area contributed by atoms with Gasteiger partial charge in [-0.3, -0.25) is 14.9 Å². The van der Waals surface area contributed by atoms with Crippen LogP contribution in [0, 0.1) is 10.1 Å². The first-order valence-electron chi connectivity index (χ1n) is 9.25. The Morgan fingerprint density at radius 1 is 0.966 bits per heavy atom. The molecule has 29 heavy (non-hydrogen) atoms. The zero-order valence-corrected chi connectivity index (χ0v) is 16.4. The number of urea groups is 1. The van der Waals surface area contributed by atoms with Crippen LogP contribution in [0.1, 0.15) is 29.8 Å². The Morgan fingerprint density at radius 3 is 2.21 bits per heavy atom. The fourth-order valence-corrected chi connectivity index (χ4v) is 2.46. The summed E-state index contributed by atoms with van der Waals surface area (Å²) >= 11 is 0. The minimum Gasteiger partial charge on any atom is -0.383 e. The van der Waals surface area contributed by atoms with E-state index in [1.807, 2.05) is 13.8 Å². The van der Waals surface area contributed by atoms with E-state index < -0.39 is 4.92 Å². The predicted molar refractivity (Wildman–Crippen MR) is 111 cm³/mol. The zero-order valence-electron chi connectivity index (χ0n) is 16.4. The standard InChI is InChI=1S/C20H25N5O4/c1-14(2)24-20(27)23-13-15-3-5-16(6-4-15)19(26)22-12-11-21-17-7-9-18(10-8-17)25(28)29/h3-10,14,21H,11-13H2,1-2H3,(H,22,26)(H2,23,24,27). The minimum absolute atomic E-state index is 0.0306. The van der Waals surface area contributed by atoms with Gasteiger partial charge in [0.15, 0.2) is 0 Å². The molecule has 0 fully saturated rings. The summed E-state index contributed by atoms with van der Waals surface area (Å²) in [7, 11) is 0. The first-order valence-corrected chi connectivity index (χ1v) is 9.25. The Hall–Kier alpha value is -3.62. The summed E-state index contributed by atoms with van der Waals surface area (Å²) in [6, 6.07) is 12.9. The molecule has 2 aromatic rings. The number of anilines is 1. The van der Waals surface area contributed by atoms with Crippen LogP contribution in [0.4, 0.5) is 16.2 Å². The molecule has 0 aromatic heterocycles. The lowest BCUT2D eigenvalue weighted by Gasteiger charge is -2.11. The average molecular weight is 399 g/mol. The summed E-state index contributed by atoms with van der Waals surface area (Å²) in [5.74, 6) is -0.201. The maximum atomic E-state index is 12.2. The van der Waals surface area contributed by atoms with Crippen molar-refractivity contribution < 1.29 is 14.5 Å². The van der Waals surface area contributed by atoms with Crippen LogP contribution in [0.25, 0.3) is 0 Å². The Labute approximate surface area is 169 Å². The highest BCUT2D eigenvalue weighted by Crippen LogP contribution is 2.14. The lowest BCUT2D eigenvalue weighted by atomic mass is 10.1. The summed E-state index contributed by atoms with van der Waals surface area (Å²) in [5, 5.41) is 22.0. The molecule has 2 rings (SSSR count). The van der Waals surface area contributed by atoms with Gasteiger partial charge >= 0.3 is 6.03 Å². The van der Waals surface area contributed by atoms with Gasteiger partial charge in [0.25, 0.3) is 11.6 Å². The number of hydrogen-bond acceptors (Lipinski definition) is 5. The summed E-state index contributed by atoms with van der Waals surface area (Å²) in [6.07, 6.45) is 0. The predicted octanol–water partition coefficient (Wildman–Crippen LogP) is 2.64. The van der Waals surface area contributed by atoms with Crippen molar-refractivity contribution >= 4 is 23.3 Å². The summed E-state index contributed by atoms with van der Waals surface area (Å²) in [6.45, 7) is 5.02. The number of nitro groups is 1. The molecule has 0 bridgehead atoms.